The van der Waals surface area contributed by atoms with Gasteiger partial charge in [-0.25, -0.2) is 0 Å². The van der Waals surface area contributed by atoms with Gasteiger partial charge in [-0.05, 0) is 60.1 Å². The summed E-state index contributed by atoms with van der Waals surface area (Å²) in [5.41, 5.74) is 2.36. The van der Waals surface area contributed by atoms with Crippen LogP contribution in [0.25, 0.3) is 0 Å². The predicted molar refractivity (Wildman–Crippen MR) is 121 cm³/mol. The van der Waals surface area contributed by atoms with Crippen molar-refractivity contribution in [3.05, 3.63) is 78.0 Å². The minimum absolute atomic E-state index is 0.132. The van der Waals surface area contributed by atoms with E-state index < -0.39 is 8.32 Å². The van der Waals surface area contributed by atoms with Crippen molar-refractivity contribution in [2.45, 2.75) is 51.4 Å². The maximum absolute atomic E-state index is 6.32. The average molecular weight is 398 g/mol. The Kier molecular flexibility index (Phi) is 7.90. The summed E-state index contributed by atoms with van der Waals surface area (Å²) < 4.78 is 12.6. The zero-order chi connectivity index (χ0) is 20.6. The summed E-state index contributed by atoms with van der Waals surface area (Å²) in [6, 6.07) is 18.6. The van der Waals surface area contributed by atoms with Crippen LogP contribution in [0, 0.1) is 0 Å². The Morgan fingerprint density at radius 3 is 2.39 bits per heavy atom. The Morgan fingerprint density at radius 1 is 1.04 bits per heavy atom. The summed E-state index contributed by atoms with van der Waals surface area (Å²) in [5, 5.41) is 3.28. The van der Waals surface area contributed by atoms with Crippen LogP contribution in [-0.4, -0.2) is 22.0 Å². The molecule has 0 aliphatic rings. The highest BCUT2D eigenvalue weighted by Crippen LogP contribution is 2.36. The minimum atomic E-state index is -1.70. The third kappa shape index (κ3) is 6.53. The molecule has 0 fully saturated rings. The van der Waals surface area contributed by atoms with Crippen molar-refractivity contribution < 1.29 is 9.16 Å². The molecule has 0 spiro atoms. The van der Waals surface area contributed by atoms with Gasteiger partial charge in [0, 0.05) is 13.7 Å². The fourth-order valence-electron chi connectivity index (χ4n) is 2.61. The predicted octanol–water partition coefficient (Wildman–Crippen LogP) is 6.10. The van der Waals surface area contributed by atoms with Gasteiger partial charge in [0.2, 0.25) is 0 Å². The van der Waals surface area contributed by atoms with Crippen LogP contribution in [0.5, 0.6) is 5.75 Å². The molecule has 152 valence electrons. The van der Waals surface area contributed by atoms with E-state index in [4.69, 9.17) is 9.16 Å². The average Bonchev–Trinajstić information content (AvgIpc) is 2.65. The molecule has 28 heavy (non-hydrogen) atoms. The molecular weight excluding hydrogens is 362 g/mol. The quantitative estimate of drug-likeness (QED) is 0.518. The van der Waals surface area contributed by atoms with E-state index in [9.17, 15) is 0 Å². The van der Waals surface area contributed by atoms with Crippen LogP contribution in [0.2, 0.25) is 18.1 Å². The van der Waals surface area contributed by atoms with Crippen LogP contribution in [0.3, 0.4) is 0 Å². The molecule has 2 rings (SSSR count). The fourth-order valence-corrected chi connectivity index (χ4v) is 3.65. The van der Waals surface area contributed by atoms with Crippen molar-refractivity contribution in [2.24, 2.45) is 0 Å². The largest absolute Gasteiger partial charge is 0.482 e. The van der Waals surface area contributed by atoms with Gasteiger partial charge in [-0.15, -0.1) is 0 Å². The lowest BCUT2D eigenvalue weighted by atomic mass is 10.1. The van der Waals surface area contributed by atoms with E-state index in [0.29, 0.717) is 0 Å². The topological polar surface area (TPSA) is 30.5 Å². The number of hydrogen-bond acceptors (Lipinski definition) is 3. The van der Waals surface area contributed by atoms with E-state index in [-0.39, 0.29) is 11.1 Å². The van der Waals surface area contributed by atoms with Crippen molar-refractivity contribution >= 4 is 8.32 Å². The van der Waals surface area contributed by atoms with E-state index in [0.717, 1.165) is 24.3 Å². The number of rotatable bonds is 9. The first kappa shape index (κ1) is 22.2. The number of ether oxygens (including phenoxy) is 1. The Labute approximate surface area is 171 Å². The van der Waals surface area contributed by atoms with Crippen LogP contribution in [0.15, 0.2) is 66.9 Å². The summed E-state index contributed by atoms with van der Waals surface area (Å²) in [4.78, 5) is 0. The smallest absolute Gasteiger partial charge is 0.191 e. The first-order valence-corrected chi connectivity index (χ1v) is 12.9. The summed E-state index contributed by atoms with van der Waals surface area (Å²) in [6.07, 6.45) is 4.70. The molecule has 0 heterocycles. The zero-order valence-corrected chi connectivity index (χ0v) is 19.2. The third-order valence-corrected chi connectivity index (χ3v) is 9.93. The molecule has 0 aliphatic carbocycles. The highest BCUT2D eigenvalue weighted by Gasteiger charge is 2.36. The van der Waals surface area contributed by atoms with Crippen LogP contribution < -0.4 is 10.1 Å². The van der Waals surface area contributed by atoms with Crippen molar-refractivity contribution in [3.8, 4) is 5.75 Å². The van der Waals surface area contributed by atoms with Gasteiger partial charge >= 0.3 is 0 Å². The Balaban J connectivity index is 2.04. The Morgan fingerprint density at radius 2 is 1.75 bits per heavy atom. The van der Waals surface area contributed by atoms with E-state index in [2.05, 4.69) is 69.5 Å². The highest BCUT2D eigenvalue weighted by molar-refractivity contribution is 6.74. The van der Waals surface area contributed by atoms with Gasteiger partial charge in [0.05, 0.1) is 0 Å². The second-order valence-corrected chi connectivity index (χ2v) is 13.4. The van der Waals surface area contributed by atoms with Crippen molar-refractivity contribution in [1.29, 1.82) is 0 Å². The zero-order valence-electron chi connectivity index (χ0n) is 18.2. The SMILES string of the molecule is CNC=CC(Oc1cccc(CCO[Si](C)(C)C(C)(C)C)c1)c1ccccc1. The summed E-state index contributed by atoms with van der Waals surface area (Å²) in [5.74, 6) is 0.874. The summed E-state index contributed by atoms with van der Waals surface area (Å²) in [6.45, 7) is 12.2. The van der Waals surface area contributed by atoms with E-state index >= 15 is 0 Å². The molecule has 3 nitrogen and oxygen atoms in total. The lowest BCUT2D eigenvalue weighted by Gasteiger charge is -2.36. The normalized spacial score (nSPS) is 13.5. The monoisotopic (exact) mass is 397 g/mol. The van der Waals surface area contributed by atoms with Gasteiger partial charge in [0.1, 0.15) is 11.9 Å². The van der Waals surface area contributed by atoms with E-state index in [1.165, 1.54) is 5.56 Å². The molecule has 0 saturated carbocycles. The van der Waals surface area contributed by atoms with Gasteiger partial charge in [0.15, 0.2) is 8.32 Å². The number of hydrogen-bond donors (Lipinski definition) is 1. The van der Waals surface area contributed by atoms with Crippen molar-refractivity contribution in [3.63, 3.8) is 0 Å². The fraction of sp³-hybridized carbons (Fsp3) is 0.417. The third-order valence-electron chi connectivity index (χ3n) is 5.39. The molecule has 0 bridgehead atoms. The van der Waals surface area contributed by atoms with Crippen molar-refractivity contribution in [1.82, 2.24) is 5.32 Å². The van der Waals surface area contributed by atoms with E-state index in [1.54, 1.807) is 0 Å². The van der Waals surface area contributed by atoms with Crippen molar-refractivity contribution in [2.75, 3.05) is 13.7 Å². The molecule has 2 aromatic rings. The molecule has 1 unspecified atom stereocenters. The molecule has 0 amide bonds. The number of benzene rings is 2. The minimum Gasteiger partial charge on any atom is -0.482 e. The molecule has 0 saturated heterocycles. The van der Waals surface area contributed by atoms with Gasteiger partial charge in [-0.3, -0.25) is 0 Å². The first-order chi connectivity index (χ1) is 13.2. The maximum Gasteiger partial charge on any atom is 0.191 e. The van der Waals surface area contributed by atoms with E-state index in [1.807, 2.05) is 43.6 Å². The molecule has 4 heteroatoms. The second kappa shape index (κ2) is 9.94. The molecule has 1 N–H and O–H groups in total. The molecule has 2 aromatic carbocycles. The van der Waals surface area contributed by atoms with Gasteiger partial charge in [-0.2, -0.15) is 0 Å². The van der Waals surface area contributed by atoms with Gasteiger partial charge < -0.3 is 14.5 Å². The van der Waals surface area contributed by atoms with Crippen LogP contribution >= 0.6 is 0 Å². The first-order valence-electron chi connectivity index (χ1n) is 10.0. The lowest BCUT2D eigenvalue weighted by Crippen LogP contribution is -2.41. The second-order valence-electron chi connectivity index (χ2n) is 8.60. The standard InChI is InChI=1S/C24H35NO2Si/c1-24(2,3)28(5,6)26-18-16-20-11-10-14-22(19-20)27-23(15-17-25-4)21-12-8-7-9-13-21/h7-15,17,19,23,25H,16,18H2,1-6H3. The Hall–Kier alpha value is -2.04. The Bertz CT molecular complexity index is 751. The van der Waals surface area contributed by atoms with Crippen LogP contribution in [0.1, 0.15) is 38.0 Å². The lowest BCUT2D eigenvalue weighted by molar-refractivity contribution is 0.254. The molecule has 1 atom stereocenters. The molecular formula is C24H35NO2Si. The van der Waals surface area contributed by atoms with Gasteiger partial charge in [-0.1, -0.05) is 63.2 Å². The molecule has 0 aromatic heterocycles. The molecule has 0 radical (unpaired) electrons. The molecule has 0 aliphatic heterocycles. The maximum atomic E-state index is 6.32. The van der Waals surface area contributed by atoms with Crippen LogP contribution in [0.4, 0.5) is 0 Å². The highest BCUT2D eigenvalue weighted by atomic mass is 28.4. The van der Waals surface area contributed by atoms with Crippen LogP contribution in [-0.2, 0) is 10.8 Å². The number of nitrogens with one attached hydrogen (secondary N) is 1. The van der Waals surface area contributed by atoms with Gasteiger partial charge in [0.25, 0.3) is 0 Å². The summed E-state index contributed by atoms with van der Waals surface area (Å²) >= 11 is 0. The summed E-state index contributed by atoms with van der Waals surface area (Å²) in [7, 11) is 0.185.